The van der Waals surface area contributed by atoms with Gasteiger partial charge < -0.3 is 0 Å². The molecule has 14 heavy (non-hydrogen) atoms. The molecule has 2 rings (SSSR count). The molecule has 0 bridgehead atoms. The molecule has 0 aliphatic heterocycles. The number of fused-ring (bicyclic) bond motifs is 1. The summed E-state index contributed by atoms with van der Waals surface area (Å²) < 4.78 is 0. The van der Waals surface area contributed by atoms with Gasteiger partial charge in [-0.25, -0.2) is 0 Å². The van der Waals surface area contributed by atoms with Crippen molar-refractivity contribution < 1.29 is 0 Å². The predicted molar refractivity (Wildman–Crippen MR) is 66.1 cm³/mol. The molecule has 1 aliphatic carbocycles. The van der Waals surface area contributed by atoms with Crippen molar-refractivity contribution >= 4 is 18.7 Å². The zero-order valence-electron chi connectivity index (χ0n) is 8.53. The van der Waals surface area contributed by atoms with Crippen LogP contribution in [0.1, 0.15) is 36.0 Å². The fourth-order valence-corrected chi connectivity index (χ4v) is 2.48. The van der Waals surface area contributed by atoms with E-state index in [1.54, 1.807) is 5.56 Å². The Bertz CT molecular complexity index is 352. The van der Waals surface area contributed by atoms with Gasteiger partial charge >= 0.3 is 0 Å². The van der Waals surface area contributed by atoms with E-state index in [0.29, 0.717) is 5.92 Å². The lowest BCUT2D eigenvalue weighted by molar-refractivity contribution is 0.759. The molecule has 1 unspecified atom stereocenters. The molecule has 1 aromatic rings. The first-order valence-electron chi connectivity index (χ1n) is 5.22. The van der Waals surface area contributed by atoms with E-state index < -0.39 is 0 Å². The Morgan fingerprint density at radius 1 is 1.43 bits per heavy atom. The SMILES string of the molecule is CC1CC=Cc2cccc(CCS)c21. The fraction of sp³-hybridized carbons (Fsp3) is 0.385. The lowest BCUT2D eigenvalue weighted by Gasteiger charge is -2.21. The normalized spacial score (nSPS) is 19.4. The zero-order valence-corrected chi connectivity index (χ0v) is 9.43. The molecule has 0 nitrogen and oxygen atoms in total. The largest absolute Gasteiger partial charge is 0.179 e. The molecule has 0 radical (unpaired) electrons. The van der Waals surface area contributed by atoms with Crippen LogP contribution in [0.25, 0.3) is 6.08 Å². The van der Waals surface area contributed by atoms with Gasteiger partial charge in [0.05, 0.1) is 0 Å². The average molecular weight is 204 g/mol. The standard InChI is InChI=1S/C13H16S/c1-10-4-2-5-11-6-3-7-12(8-9-14)13(10)11/h2-3,5-7,10,14H,4,8-9H2,1H3. The molecule has 0 saturated heterocycles. The Balaban J connectivity index is 2.47. The van der Waals surface area contributed by atoms with Crippen molar-refractivity contribution in [2.75, 3.05) is 5.75 Å². The topological polar surface area (TPSA) is 0 Å². The third-order valence-corrected chi connectivity index (χ3v) is 3.11. The second kappa shape index (κ2) is 4.22. The number of thiol groups is 1. The number of aryl methyl sites for hydroxylation is 1. The quantitative estimate of drug-likeness (QED) is 0.698. The first kappa shape index (κ1) is 9.85. The number of hydrogen-bond acceptors (Lipinski definition) is 1. The van der Waals surface area contributed by atoms with Crippen molar-refractivity contribution in [3.63, 3.8) is 0 Å². The third-order valence-electron chi connectivity index (χ3n) is 2.89. The van der Waals surface area contributed by atoms with Crippen LogP contribution in [-0.4, -0.2) is 5.75 Å². The van der Waals surface area contributed by atoms with Gasteiger partial charge in [0, 0.05) is 0 Å². The molecular formula is C13H16S. The molecule has 0 N–H and O–H groups in total. The summed E-state index contributed by atoms with van der Waals surface area (Å²) in [5.41, 5.74) is 4.43. The molecular weight excluding hydrogens is 188 g/mol. The van der Waals surface area contributed by atoms with E-state index in [0.717, 1.165) is 12.2 Å². The number of hydrogen-bond donors (Lipinski definition) is 1. The van der Waals surface area contributed by atoms with Gasteiger partial charge in [-0.2, -0.15) is 12.6 Å². The van der Waals surface area contributed by atoms with Gasteiger partial charge in [0.2, 0.25) is 0 Å². The summed E-state index contributed by atoms with van der Waals surface area (Å²) in [6, 6.07) is 6.61. The number of benzene rings is 1. The first-order chi connectivity index (χ1) is 6.83. The van der Waals surface area contributed by atoms with Gasteiger partial charge in [0.1, 0.15) is 0 Å². The fourth-order valence-electron chi connectivity index (χ4n) is 2.23. The van der Waals surface area contributed by atoms with E-state index in [1.165, 1.54) is 17.5 Å². The van der Waals surface area contributed by atoms with Crippen LogP contribution in [0.4, 0.5) is 0 Å². The molecule has 1 atom stereocenters. The molecule has 74 valence electrons. The van der Waals surface area contributed by atoms with Crippen LogP contribution in [0.5, 0.6) is 0 Å². The Labute approximate surface area is 91.4 Å². The van der Waals surface area contributed by atoms with Crippen LogP contribution in [-0.2, 0) is 6.42 Å². The summed E-state index contributed by atoms with van der Waals surface area (Å²) in [6.07, 6.45) is 6.79. The minimum Gasteiger partial charge on any atom is -0.179 e. The van der Waals surface area contributed by atoms with E-state index in [9.17, 15) is 0 Å². The molecule has 0 fully saturated rings. The predicted octanol–water partition coefficient (Wildman–Crippen LogP) is 3.68. The Morgan fingerprint density at radius 2 is 2.29 bits per heavy atom. The van der Waals surface area contributed by atoms with E-state index in [4.69, 9.17) is 0 Å². The summed E-state index contributed by atoms with van der Waals surface area (Å²) in [7, 11) is 0. The van der Waals surface area contributed by atoms with Gasteiger partial charge in [-0.15, -0.1) is 0 Å². The first-order valence-corrected chi connectivity index (χ1v) is 5.85. The lowest BCUT2D eigenvalue weighted by Crippen LogP contribution is -2.05. The summed E-state index contributed by atoms with van der Waals surface area (Å²) in [5, 5.41) is 0. The summed E-state index contributed by atoms with van der Waals surface area (Å²) in [5.74, 6) is 1.61. The average Bonchev–Trinajstić information content (AvgIpc) is 2.19. The summed E-state index contributed by atoms with van der Waals surface area (Å²) in [6.45, 7) is 2.31. The molecule has 0 aromatic heterocycles. The summed E-state index contributed by atoms with van der Waals surface area (Å²) >= 11 is 4.31. The number of rotatable bonds is 2. The van der Waals surface area contributed by atoms with E-state index in [-0.39, 0.29) is 0 Å². The maximum atomic E-state index is 4.31. The lowest BCUT2D eigenvalue weighted by atomic mass is 9.84. The maximum absolute atomic E-state index is 4.31. The van der Waals surface area contributed by atoms with Gasteiger partial charge in [-0.3, -0.25) is 0 Å². The smallest absolute Gasteiger partial charge is 0.00572 e. The van der Waals surface area contributed by atoms with E-state index >= 15 is 0 Å². The summed E-state index contributed by atoms with van der Waals surface area (Å²) in [4.78, 5) is 0. The third kappa shape index (κ3) is 1.74. The number of allylic oxidation sites excluding steroid dienone is 1. The van der Waals surface area contributed by atoms with Crippen molar-refractivity contribution in [3.05, 3.63) is 41.0 Å². The molecule has 1 aliphatic rings. The van der Waals surface area contributed by atoms with Crippen LogP contribution in [0.15, 0.2) is 24.3 Å². The molecule has 0 spiro atoms. The van der Waals surface area contributed by atoms with Gasteiger partial charge in [0.15, 0.2) is 0 Å². The van der Waals surface area contributed by atoms with Crippen molar-refractivity contribution in [2.24, 2.45) is 0 Å². The molecule has 1 aromatic carbocycles. The monoisotopic (exact) mass is 204 g/mol. The van der Waals surface area contributed by atoms with Gasteiger partial charge in [-0.05, 0) is 41.2 Å². The molecule has 0 heterocycles. The Morgan fingerprint density at radius 3 is 3.07 bits per heavy atom. The van der Waals surface area contributed by atoms with Crippen molar-refractivity contribution in [2.45, 2.75) is 25.7 Å². The zero-order chi connectivity index (χ0) is 9.97. The second-order valence-corrected chi connectivity index (χ2v) is 4.38. The van der Waals surface area contributed by atoms with Gasteiger partial charge in [0.25, 0.3) is 0 Å². The van der Waals surface area contributed by atoms with Crippen molar-refractivity contribution in [1.82, 2.24) is 0 Å². The highest BCUT2D eigenvalue weighted by Gasteiger charge is 2.15. The highest BCUT2D eigenvalue weighted by molar-refractivity contribution is 7.80. The minimum absolute atomic E-state index is 0.672. The second-order valence-electron chi connectivity index (χ2n) is 3.93. The highest BCUT2D eigenvalue weighted by Crippen LogP contribution is 2.32. The van der Waals surface area contributed by atoms with Crippen LogP contribution in [0, 0.1) is 0 Å². The van der Waals surface area contributed by atoms with Crippen molar-refractivity contribution in [3.8, 4) is 0 Å². The van der Waals surface area contributed by atoms with Crippen LogP contribution >= 0.6 is 12.6 Å². The Kier molecular flexibility index (Phi) is 2.97. The van der Waals surface area contributed by atoms with E-state index in [1.807, 2.05) is 0 Å². The minimum atomic E-state index is 0.672. The van der Waals surface area contributed by atoms with Crippen LogP contribution < -0.4 is 0 Å². The maximum Gasteiger partial charge on any atom is -0.00572 e. The highest BCUT2D eigenvalue weighted by atomic mass is 32.1. The van der Waals surface area contributed by atoms with Gasteiger partial charge in [-0.1, -0.05) is 37.3 Å². The van der Waals surface area contributed by atoms with Crippen molar-refractivity contribution in [1.29, 1.82) is 0 Å². The van der Waals surface area contributed by atoms with Crippen LogP contribution in [0.3, 0.4) is 0 Å². The molecule has 0 amide bonds. The Hall–Kier alpha value is -0.690. The van der Waals surface area contributed by atoms with Crippen LogP contribution in [0.2, 0.25) is 0 Å². The molecule has 1 heteroatoms. The molecule has 0 saturated carbocycles. The van der Waals surface area contributed by atoms with E-state index in [2.05, 4.69) is 49.9 Å².